The van der Waals surface area contributed by atoms with E-state index in [2.05, 4.69) is 140 Å². The lowest BCUT2D eigenvalue weighted by Crippen LogP contribution is -2.00. The molecule has 0 unspecified atom stereocenters. The number of nitrogens with zero attached hydrogens (tertiary/aromatic N) is 4. The van der Waals surface area contributed by atoms with Crippen LogP contribution in [0.25, 0.3) is 122 Å². The summed E-state index contributed by atoms with van der Waals surface area (Å²) in [5.74, 6) is 1.90. The van der Waals surface area contributed by atoms with Gasteiger partial charge in [-0.05, 0) is 107 Å². The van der Waals surface area contributed by atoms with Crippen LogP contribution in [0.1, 0.15) is 5.56 Å². The van der Waals surface area contributed by atoms with E-state index in [0.29, 0.717) is 23.0 Å². The fourth-order valence-corrected chi connectivity index (χ4v) is 9.49. The van der Waals surface area contributed by atoms with Crippen molar-refractivity contribution in [2.24, 2.45) is 0 Å². The Kier molecular flexibility index (Phi) is 8.84. The molecule has 0 saturated carbocycles. The molecule has 12 rings (SSSR count). The van der Waals surface area contributed by atoms with Gasteiger partial charge >= 0.3 is 0 Å². The SMILES string of the molecule is N#Cc1ccc(-c2ccc(-c3ccc4c5c(ccc(-c6ccc(-c7cccc(-c8nc(-c9ccccc9)nc(-c9ccccc9)n8)c7)c7ccccc67)c35)-c3ccccc3-4)cc2)cc1. The third-order valence-corrected chi connectivity index (χ3v) is 12.6. The number of benzene rings is 10. The molecule has 11 aromatic rings. The van der Waals surface area contributed by atoms with Gasteiger partial charge in [-0.1, -0.05) is 200 Å². The summed E-state index contributed by atoms with van der Waals surface area (Å²) in [7, 11) is 0. The van der Waals surface area contributed by atoms with Crippen molar-refractivity contribution < 1.29 is 0 Å². The Morgan fingerprint density at radius 2 is 0.672 bits per heavy atom. The smallest absolute Gasteiger partial charge is 0.164 e. The maximum atomic E-state index is 9.35. The Balaban J connectivity index is 1.01. The molecule has 64 heavy (non-hydrogen) atoms. The minimum absolute atomic E-state index is 0.627. The van der Waals surface area contributed by atoms with Crippen molar-refractivity contribution in [1.82, 2.24) is 15.0 Å². The molecule has 296 valence electrons. The first-order valence-corrected chi connectivity index (χ1v) is 21.5. The van der Waals surface area contributed by atoms with E-state index in [1.807, 2.05) is 84.9 Å². The highest BCUT2D eigenvalue weighted by Gasteiger charge is 2.26. The second-order valence-corrected chi connectivity index (χ2v) is 16.2. The summed E-state index contributed by atoms with van der Waals surface area (Å²) >= 11 is 0. The van der Waals surface area contributed by atoms with Crippen LogP contribution in [0.2, 0.25) is 0 Å². The minimum Gasteiger partial charge on any atom is -0.208 e. The number of rotatable bonds is 7. The molecule has 0 fully saturated rings. The summed E-state index contributed by atoms with van der Waals surface area (Å²) in [6.07, 6.45) is 0. The quantitative estimate of drug-likeness (QED) is 0.161. The molecule has 0 saturated heterocycles. The maximum absolute atomic E-state index is 9.35. The van der Waals surface area contributed by atoms with Gasteiger partial charge in [0.2, 0.25) is 0 Å². The Hall–Kier alpha value is -8.78. The molecule has 0 amide bonds. The van der Waals surface area contributed by atoms with Crippen LogP contribution >= 0.6 is 0 Å². The van der Waals surface area contributed by atoms with Gasteiger partial charge in [-0.15, -0.1) is 0 Å². The van der Waals surface area contributed by atoms with Crippen molar-refractivity contribution >= 4 is 21.5 Å². The van der Waals surface area contributed by atoms with Crippen molar-refractivity contribution in [2.45, 2.75) is 0 Å². The monoisotopic (exact) mass is 812 g/mol. The Labute approximate surface area is 371 Å². The topological polar surface area (TPSA) is 62.5 Å². The first-order valence-electron chi connectivity index (χ1n) is 21.5. The molecule has 1 heterocycles. The highest BCUT2D eigenvalue weighted by atomic mass is 15.0. The highest BCUT2D eigenvalue weighted by molar-refractivity contribution is 6.24. The van der Waals surface area contributed by atoms with Crippen molar-refractivity contribution in [2.75, 3.05) is 0 Å². The fraction of sp³-hybridized carbons (Fsp3) is 0. The Bertz CT molecular complexity index is 3560. The Morgan fingerprint density at radius 1 is 0.266 bits per heavy atom. The number of nitriles is 1. The van der Waals surface area contributed by atoms with Crippen molar-refractivity contribution in [3.8, 4) is 107 Å². The molecule has 4 nitrogen and oxygen atoms in total. The van der Waals surface area contributed by atoms with Gasteiger partial charge in [-0.2, -0.15) is 5.26 Å². The van der Waals surface area contributed by atoms with Crippen molar-refractivity contribution in [3.63, 3.8) is 0 Å². The third-order valence-electron chi connectivity index (χ3n) is 12.6. The zero-order valence-electron chi connectivity index (χ0n) is 34.6. The van der Waals surface area contributed by atoms with E-state index >= 15 is 0 Å². The molecule has 0 aliphatic heterocycles. The lowest BCUT2D eigenvalue weighted by molar-refractivity contribution is 1.07. The maximum Gasteiger partial charge on any atom is 0.164 e. The number of fused-ring (bicyclic) bond motifs is 4. The van der Waals surface area contributed by atoms with Gasteiger partial charge < -0.3 is 0 Å². The zero-order chi connectivity index (χ0) is 42.6. The van der Waals surface area contributed by atoms with Crippen LogP contribution in [0.15, 0.2) is 218 Å². The standard InChI is InChI=1S/C60H36N4/c61-37-38-22-24-39(25-23-38)40-26-28-41(29-27-40)47-31-33-53-50-20-9-10-21-51(50)54-34-35-55(56(47)57(53)54)52-32-30-46(48-18-7-8-19-49(48)52)44-16-11-17-45(36-44)60-63-58(42-12-3-1-4-13-42)62-59(64-60)43-14-5-2-6-15-43/h1-36H. The molecule has 0 atom stereocenters. The molecular formula is C60H36N4. The van der Waals surface area contributed by atoms with Gasteiger partial charge in [0.05, 0.1) is 11.6 Å². The van der Waals surface area contributed by atoms with E-state index in [0.717, 1.165) is 44.5 Å². The van der Waals surface area contributed by atoms with Gasteiger partial charge in [0.25, 0.3) is 0 Å². The molecule has 1 aliphatic carbocycles. The molecule has 1 aliphatic rings. The van der Waals surface area contributed by atoms with Gasteiger partial charge in [0.1, 0.15) is 0 Å². The third kappa shape index (κ3) is 6.26. The van der Waals surface area contributed by atoms with E-state index in [9.17, 15) is 5.26 Å². The number of hydrogen-bond acceptors (Lipinski definition) is 4. The van der Waals surface area contributed by atoms with Crippen LogP contribution in [0.4, 0.5) is 0 Å². The lowest BCUT2D eigenvalue weighted by atomic mass is 9.85. The van der Waals surface area contributed by atoms with Crippen LogP contribution in [-0.2, 0) is 0 Å². The summed E-state index contributed by atoms with van der Waals surface area (Å²) in [4.78, 5) is 15.0. The summed E-state index contributed by atoms with van der Waals surface area (Å²) in [6, 6.07) is 79.0. The van der Waals surface area contributed by atoms with E-state index in [4.69, 9.17) is 15.0 Å². The summed E-state index contributed by atoms with van der Waals surface area (Å²) in [6.45, 7) is 0. The van der Waals surface area contributed by atoms with E-state index in [1.54, 1.807) is 0 Å². The molecule has 4 heteroatoms. The van der Waals surface area contributed by atoms with Crippen LogP contribution in [0.3, 0.4) is 0 Å². The largest absolute Gasteiger partial charge is 0.208 e. The van der Waals surface area contributed by atoms with Gasteiger partial charge in [0, 0.05) is 16.7 Å². The second kappa shape index (κ2) is 15.3. The predicted molar refractivity (Wildman–Crippen MR) is 262 cm³/mol. The zero-order valence-corrected chi connectivity index (χ0v) is 34.6. The van der Waals surface area contributed by atoms with Gasteiger partial charge in [-0.3, -0.25) is 0 Å². The number of aromatic nitrogens is 3. The summed E-state index contributed by atoms with van der Waals surface area (Å²) in [5.41, 5.74) is 17.7. The van der Waals surface area contributed by atoms with E-state index in [-0.39, 0.29) is 0 Å². The van der Waals surface area contributed by atoms with Crippen LogP contribution in [0.5, 0.6) is 0 Å². The van der Waals surface area contributed by atoms with Crippen molar-refractivity contribution in [1.29, 1.82) is 5.26 Å². The van der Waals surface area contributed by atoms with Gasteiger partial charge in [-0.25, -0.2) is 15.0 Å². The summed E-state index contributed by atoms with van der Waals surface area (Å²) in [5, 5.41) is 14.2. The van der Waals surface area contributed by atoms with Crippen molar-refractivity contribution in [3.05, 3.63) is 224 Å². The first-order chi connectivity index (χ1) is 31.7. The molecular weight excluding hydrogens is 777 g/mol. The molecule has 0 spiro atoms. The van der Waals surface area contributed by atoms with E-state index < -0.39 is 0 Å². The summed E-state index contributed by atoms with van der Waals surface area (Å²) < 4.78 is 0. The molecule has 0 bridgehead atoms. The van der Waals surface area contributed by atoms with E-state index in [1.165, 1.54) is 60.5 Å². The normalized spacial score (nSPS) is 11.4. The number of hydrogen-bond donors (Lipinski definition) is 0. The second-order valence-electron chi connectivity index (χ2n) is 16.2. The van der Waals surface area contributed by atoms with Crippen LogP contribution in [-0.4, -0.2) is 15.0 Å². The highest BCUT2D eigenvalue weighted by Crippen LogP contribution is 2.53. The average Bonchev–Trinajstić information content (AvgIpc) is 3.71. The van der Waals surface area contributed by atoms with Crippen LogP contribution in [0, 0.1) is 11.3 Å². The first kappa shape index (κ1) is 37.0. The Morgan fingerprint density at radius 3 is 1.27 bits per heavy atom. The fourth-order valence-electron chi connectivity index (χ4n) is 9.49. The van der Waals surface area contributed by atoms with Crippen LogP contribution < -0.4 is 0 Å². The average molecular weight is 813 g/mol. The lowest BCUT2D eigenvalue weighted by Gasteiger charge is -2.18. The molecule has 1 aromatic heterocycles. The van der Waals surface area contributed by atoms with Gasteiger partial charge in [0.15, 0.2) is 17.5 Å². The molecule has 0 N–H and O–H groups in total. The molecule has 10 aromatic carbocycles. The minimum atomic E-state index is 0.627. The molecule has 0 radical (unpaired) electrons. The predicted octanol–water partition coefficient (Wildman–Crippen LogP) is 15.4.